The lowest BCUT2D eigenvalue weighted by atomic mass is 10.2. The molecule has 0 radical (unpaired) electrons. The number of piperazine rings is 1. The molecule has 13 heteroatoms. The number of ether oxygens (including phenoxy) is 1. The Hall–Kier alpha value is -4.00. The van der Waals surface area contributed by atoms with Gasteiger partial charge in [-0.3, -0.25) is 4.79 Å². The van der Waals surface area contributed by atoms with Gasteiger partial charge in [-0.2, -0.15) is 14.1 Å². The molecule has 1 N–H and O–H groups in total. The molecule has 2 aliphatic rings. The Balaban J connectivity index is 1.14. The van der Waals surface area contributed by atoms with Crippen LogP contribution >= 0.6 is 11.6 Å². The van der Waals surface area contributed by atoms with Gasteiger partial charge in [0.05, 0.1) is 24.2 Å². The minimum Gasteiger partial charge on any atom is -0.486 e. The van der Waals surface area contributed by atoms with Gasteiger partial charge in [-0.15, -0.1) is 0 Å². The van der Waals surface area contributed by atoms with Crippen molar-refractivity contribution in [2.75, 3.05) is 43.0 Å². The van der Waals surface area contributed by atoms with Crippen LogP contribution in [0.1, 0.15) is 25.3 Å². The summed E-state index contributed by atoms with van der Waals surface area (Å²) in [5.41, 5.74) is 2.23. The molecule has 0 amide bonds. The number of hydrogen-bond acceptors (Lipinski definition) is 9. The van der Waals surface area contributed by atoms with E-state index < -0.39 is 10.0 Å². The smallest absolute Gasteiger partial charge is 0.316 e. The molecule has 1 aliphatic heterocycles. The van der Waals surface area contributed by atoms with Crippen LogP contribution in [0.25, 0.3) is 5.69 Å². The van der Waals surface area contributed by atoms with Crippen LogP contribution in [0.15, 0.2) is 78.0 Å². The largest absolute Gasteiger partial charge is 0.486 e. The predicted octanol–water partition coefficient (Wildman–Crippen LogP) is 4.25. The fraction of sp³-hybridized carbons (Fsp3) is 0.333. The molecule has 1 saturated heterocycles. The van der Waals surface area contributed by atoms with Crippen LogP contribution in [-0.4, -0.2) is 65.3 Å². The Morgan fingerprint density at radius 1 is 1.00 bits per heavy atom. The highest BCUT2D eigenvalue weighted by Gasteiger charge is 2.39. The standard InChI is InChI=1S/C30H32ClN7O4S/c1-30(10-11-30)21-42-27-26(19-34-38(28(27)39)25-5-2-4-23(31)18-25)36-14-16-37(17-15-36)43(40,41)20-22-6-8-24(9-7-22)35-29-32-12-3-13-33-29/h2-9,12-13,18-19H,10-11,14-17,20-21H2,1H3,(H,32,33,35). The summed E-state index contributed by atoms with van der Waals surface area (Å²) >= 11 is 6.16. The minimum atomic E-state index is -3.56. The molecule has 0 atom stereocenters. The van der Waals surface area contributed by atoms with Crippen molar-refractivity contribution in [2.24, 2.45) is 5.41 Å². The van der Waals surface area contributed by atoms with Gasteiger partial charge in [0.15, 0.2) is 0 Å². The molecule has 0 bridgehead atoms. The van der Waals surface area contributed by atoms with E-state index in [-0.39, 0.29) is 35.6 Å². The van der Waals surface area contributed by atoms with E-state index in [1.807, 2.05) is 4.90 Å². The van der Waals surface area contributed by atoms with E-state index in [2.05, 4.69) is 27.3 Å². The third kappa shape index (κ3) is 6.82. The summed E-state index contributed by atoms with van der Waals surface area (Å²) in [7, 11) is -3.56. The number of rotatable bonds is 10. The van der Waals surface area contributed by atoms with E-state index in [9.17, 15) is 13.2 Å². The lowest BCUT2D eigenvalue weighted by Crippen LogP contribution is -2.49. The fourth-order valence-electron chi connectivity index (χ4n) is 4.87. The van der Waals surface area contributed by atoms with Crippen molar-refractivity contribution < 1.29 is 13.2 Å². The molecule has 2 aromatic heterocycles. The average molecular weight is 622 g/mol. The first-order valence-corrected chi connectivity index (χ1v) is 16.0. The lowest BCUT2D eigenvalue weighted by Gasteiger charge is -2.35. The Morgan fingerprint density at radius 3 is 2.40 bits per heavy atom. The highest BCUT2D eigenvalue weighted by Crippen LogP contribution is 2.45. The van der Waals surface area contributed by atoms with E-state index >= 15 is 0 Å². The number of halogens is 1. The molecule has 11 nitrogen and oxygen atoms in total. The summed E-state index contributed by atoms with van der Waals surface area (Å²) in [4.78, 5) is 23.9. The molecule has 224 valence electrons. The van der Waals surface area contributed by atoms with E-state index in [4.69, 9.17) is 16.3 Å². The summed E-state index contributed by atoms with van der Waals surface area (Å²) in [5, 5.41) is 8.01. The minimum absolute atomic E-state index is 0.0598. The number of benzene rings is 2. The van der Waals surface area contributed by atoms with Crippen LogP contribution in [-0.2, 0) is 15.8 Å². The molecule has 6 rings (SSSR count). The van der Waals surface area contributed by atoms with E-state index in [1.54, 1.807) is 73.2 Å². The van der Waals surface area contributed by atoms with E-state index in [0.29, 0.717) is 47.6 Å². The van der Waals surface area contributed by atoms with Crippen LogP contribution in [0.2, 0.25) is 5.02 Å². The molecule has 0 spiro atoms. The first-order chi connectivity index (χ1) is 20.7. The Bertz CT molecular complexity index is 1760. The average Bonchev–Trinajstić information content (AvgIpc) is 3.75. The quantitative estimate of drug-likeness (QED) is 0.277. The normalized spacial score (nSPS) is 16.6. The van der Waals surface area contributed by atoms with Crippen molar-refractivity contribution >= 4 is 38.9 Å². The molecular weight excluding hydrogens is 590 g/mol. The first-order valence-electron chi connectivity index (χ1n) is 14.1. The monoisotopic (exact) mass is 621 g/mol. The number of hydrogen-bond donors (Lipinski definition) is 1. The summed E-state index contributed by atoms with van der Waals surface area (Å²) in [6.45, 7) is 3.92. The van der Waals surface area contributed by atoms with Crippen LogP contribution in [0.3, 0.4) is 0 Å². The Kier molecular flexibility index (Phi) is 8.08. The lowest BCUT2D eigenvalue weighted by molar-refractivity contribution is 0.242. The van der Waals surface area contributed by atoms with Crippen molar-refractivity contribution in [1.29, 1.82) is 0 Å². The second kappa shape index (κ2) is 11.9. The van der Waals surface area contributed by atoms with Gasteiger partial charge in [-0.25, -0.2) is 18.4 Å². The number of anilines is 3. The summed E-state index contributed by atoms with van der Waals surface area (Å²) < 4.78 is 35.6. The van der Waals surface area contributed by atoms with Gasteiger partial charge in [0.1, 0.15) is 5.69 Å². The molecule has 4 aromatic rings. The van der Waals surface area contributed by atoms with E-state index in [0.717, 1.165) is 18.5 Å². The number of nitrogens with one attached hydrogen (secondary N) is 1. The zero-order valence-electron chi connectivity index (χ0n) is 23.7. The number of sulfonamides is 1. The summed E-state index contributed by atoms with van der Waals surface area (Å²) in [5.74, 6) is 0.571. The van der Waals surface area contributed by atoms with Gasteiger partial charge in [0.2, 0.25) is 21.7 Å². The molecule has 2 fully saturated rings. The second-order valence-electron chi connectivity index (χ2n) is 11.2. The van der Waals surface area contributed by atoms with Gasteiger partial charge in [0, 0.05) is 54.7 Å². The van der Waals surface area contributed by atoms with Crippen molar-refractivity contribution in [1.82, 2.24) is 24.1 Å². The van der Waals surface area contributed by atoms with E-state index in [1.165, 1.54) is 8.99 Å². The van der Waals surface area contributed by atoms with Crippen molar-refractivity contribution in [2.45, 2.75) is 25.5 Å². The summed E-state index contributed by atoms with van der Waals surface area (Å²) in [6, 6.07) is 15.8. The number of aromatic nitrogens is 4. The maximum atomic E-state index is 13.6. The molecule has 43 heavy (non-hydrogen) atoms. The zero-order chi connectivity index (χ0) is 30.0. The first kappa shape index (κ1) is 29.1. The summed E-state index contributed by atoms with van der Waals surface area (Å²) in [6.07, 6.45) is 7.00. The maximum absolute atomic E-state index is 13.6. The van der Waals surface area contributed by atoms with Crippen LogP contribution < -0.4 is 20.5 Å². The SMILES string of the molecule is CC1(COc2c(N3CCN(S(=O)(=O)Cc4ccc(Nc5ncccn5)cc4)CC3)cnn(-c3cccc(Cl)c3)c2=O)CC1. The fourth-order valence-corrected chi connectivity index (χ4v) is 6.57. The third-order valence-electron chi connectivity index (χ3n) is 7.73. The Morgan fingerprint density at radius 2 is 1.72 bits per heavy atom. The highest BCUT2D eigenvalue weighted by atomic mass is 35.5. The van der Waals surface area contributed by atoms with Crippen molar-refractivity contribution in [3.05, 3.63) is 94.1 Å². The maximum Gasteiger partial charge on any atom is 0.316 e. The highest BCUT2D eigenvalue weighted by molar-refractivity contribution is 7.88. The van der Waals surface area contributed by atoms with Crippen LogP contribution in [0.5, 0.6) is 5.75 Å². The third-order valence-corrected chi connectivity index (χ3v) is 9.82. The Labute approximate surface area is 255 Å². The van der Waals surface area contributed by atoms with Crippen molar-refractivity contribution in [3.63, 3.8) is 0 Å². The molecule has 1 saturated carbocycles. The van der Waals surface area contributed by atoms with Crippen LogP contribution in [0.4, 0.5) is 17.3 Å². The molecule has 2 aromatic carbocycles. The molecular formula is C30H32ClN7O4S. The zero-order valence-corrected chi connectivity index (χ0v) is 25.3. The van der Waals surface area contributed by atoms with Crippen LogP contribution in [0, 0.1) is 5.41 Å². The van der Waals surface area contributed by atoms with Gasteiger partial charge in [0.25, 0.3) is 0 Å². The molecule has 1 aliphatic carbocycles. The molecule has 0 unspecified atom stereocenters. The topological polar surface area (TPSA) is 123 Å². The van der Waals surface area contributed by atoms with Crippen molar-refractivity contribution in [3.8, 4) is 11.4 Å². The van der Waals surface area contributed by atoms with Gasteiger partial charge in [-0.05, 0) is 54.8 Å². The van der Waals surface area contributed by atoms with Gasteiger partial charge < -0.3 is 15.0 Å². The number of nitrogens with zero attached hydrogens (tertiary/aromatic N) is 6. The van der Waals surface area contributed by atoms with Gasteiger partial charge >= 0.3 is 5.56 Å². The predicted molar refractivity (Wildman–Crippen MR) is 166 cm³/mol. The second-order valence-corrected chi connectivity index (χ2v) is 13.6. The van der Waals surface area contributed by atoms with Gasteiger partial charge in [-0.1, -0.05) is 36.7 Å². The molecule has 3 heterocycles.